The molecule has 2 fully saturated rings. The van der Waals surface area contributed by atoms with Gasteiger partial charge in [0.1, 0.15) is 0 Å². The zero-order chi connectivity index (χ0) is 21.8. The fourth-order valence-electron chi connectivity index (χ4n) is 4.92. The van der Waals surface area contributed by atoms with Crippen molar-refractivity contribution in [2.75, 3.05) is 13.1 Å². The van der Waals surface area contributed by atoms with Gasteiger partial charge < -0.3 is 26.2 Å². The Morgan fingerprint density at radius 1 is 1.00 bits per heavy atom. The van der Waals surface area contributed by atoms with Crippen molar-refractivity contribution in [3.63, 3.8) is 0 Å². The predicted octanol–water partition coefficient (Wildman–Crippen LogP) is 3.57. The summed E-state index contributed by atoms with van der Waals surface area (Å²) in [6.07, 6.45) is 5.15. The average Bonchev–Trinajstić information content (AvgIpc) is 3.25. The van der Waals surface area contributed by atoms with Gasteiger partial charge in [-0.15, -0.1) is 0 Å². The summed E-state index contributed by atoms with van der Waals surface area (Å²) < 4.78 is 0. The Kier molecular flexibility index (Phi) is 6.78. The van der Waals surface area contributed by atoms with Crippen LogP contribution < -0.4 is 16.0 Å². The number of nitrogens with one attached hydrogen (secondary N) is 3. The topological polar surface area (TPSA) is 93.6 Å². The van der Waals surface area contributed by atoms with Crippen LogP contribution in [0, 0.1) is 0 Å². The third-order valence-corrected chi connectivity index (χ3v) is 6.75. The summed E-state index contributed by atoms with van der Waals surface area (Å²) in [7, 11) is 0. The molecular weight excluding hydrogens is 390 g/mol. The molecular formula is C25H33N3O3. The van der Waals surface area contributed by atoms with Crippen LogP contribution in [0.3, 0.4) is 0 Å². The van der Waals surface area contributed by atoms with Gasteiger partial charge in [0, 0.05) is 29.3 Å². The molecule has 1 amide bonds. The quantitative estimate of drug-likeness (QED) is 0.458. The number of amides is 1. The molecule has 4 rings (SSSR count). The maximum absolute atomic E-state index is 12.5. The number of piperidine rings is 1. The zero-order valence-electron chi connectivity index (χ0n) is 18.1. The van der Waals surface area contributed by atoms with Gasteiger partial charge >= 0.3 is 0 Å². The lowest BCUT2D eigenvalue weighted by Gasteiger charge is -2.23. The first-order valence-corrected chi connectivity index (χ1v) is 11.4. The summed E-state index contributed by atoms with van der Waals surface area (Å²) in [5.74, 6) is 0.350. The van der Waals surface area contributed by atoms with Gasteiger partial charge in [0.2, 0.25) is 0 Å². The van der Waals surface area contributed by atoms with E-state index in [9.17, 15) is 15.0 Å². The third-order valence-electron chi connectivity index (χ3n) is 6.75. The number of benzene rings is 2. The molecule has 31 heavy (non-hydrogen) atoms. The molecule has 2 aromatic carbocycles. The summed E-state index contributed by atoms with van der Waals surface area (Å²) >= 11 is 0. The summed E-state index contributed by atoms with van der Waals surface area (Å²) in [6.45, 7) is 3.94. The van der Waals surface area contributed by atoms with Crippen LogP contribution in [0.2, 0.25) is 0 Å². The van der Waals surface area contributed by atoms with E-state index in [1.165, 1.54) is 11.6 Å². The fourth-order valence-corrected chi connectivity index (χ4v) is 4.92. The second-order valence-electron chi connectivity index (χ2n) is 8.93. The van der Waals surface area contributed by atoms with E-state index in [0.717, 1.165) is 50.8 Å². The summed E-state index contributed by atoms with van der Waals surface area (Å²) in [5.41, 5.74) is 2.71. The summed E-state index contributed by atoms with van der Waals surface area (Å²) in [6, 6.07) is 13.7. The maximum atomic E-state index is 12.5. The maximum Gasteiger partial charge on any atom is 0.251 e. The number of para-hydroxylation sites is 1. The predicted molar refractivity (Wildman–Crippen MR) is 122 cm³/mol. The molecule has 2 unspecified atom stereocenters. The minimum absolute atomic E-state index is 0.0177. The van der Waals surface area contributed by atoms with Crippen molar-refractivity contribution in [1.29, 1.82) is 0 Å². The molecule has 0 aromatic heterocycles. The van der Waals surface area contributed by atoms with Gasteiger partial charge in [-0.2, -0.15) is 0 Å². The highest BCUT2D eigenvalue weighted by Gasteiger charge is 2.28. The summed E-state index contributed by atoms with van der Waals surface area (Å²) in [5, 5.41) is 29.9. The lowest BCUT2D eigenvalue weighted by atomic mass is 9.96. The summed E-state index contributed by atoms with van der Waals surface area (Å²) in [4.78, 5) is 12.5. The molecule has 1 saturated heterocycles. The van der Waals surface area contributed by atoms with Crippen LogP contribution >= 0.6 is 0 Å². The van der Waals surface area contributed by atoms with E-state index < -0.39 is 0 Å². The van der Waals surface area contributed by atoms with Gasteiger partial charge in [-0.3, -0.25) is 4.79 Å². The van der Waals surface area contributed by atoms with Gasteiger partial charge in [-0.25, -0.2) is 0 Å². The average molecular weight is 424 g/mol. The van der Waals surface area contributed by atoms with Gasteiger partial charge in [0.05, 0.1) is 0 Å². The Hall–Kier alpha value is -2.57. The van der Waals surface area contributed by atoms with Crippen molar-refractivity contribution in [1.82, 2.24) is 16.0 Å². The first kappa shape index (κ1) is 21.7. The molecule has 2 aromatic rings. The highest BCUT2D eigenvalue weighted by Crippen LogP contribution is 2.37. The Balaban J connectivity index is 1.31. The molecule has 6 nitrogen and oxygen atoms in total. The Labute approximate surface area is 184 Å². The van der Waals surface area contributed by atoms with Crippen LogP contribution in [0.5, 0.6) is 11.5 Å². The Morgan fingerprint density at radius 2 is 1.74 bits per heavy atom. The molecule has 1 saturated carbocycles. The first-order chi connectivity index (χ1) is 15.0. The number of phenolic OH excluding ortho intramolecular Hbond substituents is 2. The Bertz CT molecular complexity index is 893. The number of phenols is 2. The molecule has 5 N–H and O–H groups in total. The lowest BCUT2D eigenvalue weighted by Crippen LogP contribution is -2.42. The number of aromatic hydroxyl groups is 2. The van der Waals surface area contributed by atoms with Crippen molar-refractivity contribution in [2.45, 2.75) is 63.1 Å². The van der Waals surface area contributed by atoms with Crippen molar-refractivity contribution >= 4 is 5.91 Å². The van der Waals surface area contributed by atoms with E-state index >= 15 is 0 Å². The Morgan fingerprint density at radius 3 is 2.48 bits per heavy atom. The highest BCUT2D eigenvalue weighted by atomic mass is 16.3. The van der Waals surface area contributed by atoms with Crippen LogP contribution in [0.4, 0.5) is 0 Å². The smallest absolute Gasteiger partial charge is 0.251 e. The molecule has 166 valence electrons. The second kappa shape index (κ2) is 9.71. The molecule has 2 aliphatic rings. The molecule has 1 aliphatic carbocycles. The first-order valence-electron chi connectivity index (χ1n) is 11.4. The number of hydrogen-bond donors (Lipinski definition) is 5. The lowest BCUT2D eigenvalue weighted by molar-refractivity contribution is 0.0929. The largest absolute Gasteiger partial charge is 0.504 e. The molecule has 6 heteroatoms. The van der Waals surface area contributed by atoms with Gasteiger partial charge in [-0.1, -0.05) is 24.3 Å². The molecule has 3 atom stereocenters. The molecule has 0 spiro atoms. The van der Waals surface area contributed by atoms with Crippen LogP contribution in [0.25, 0.3) is 0 Å². The molecule has 0 bridgehead atoms. The van der Waals surface area contributed by atoms with Crippen molar-refractivity contribution in [2.24, 2.45) is 0 Å². The van der Waals surface area contributed by atoms with Crippen LogP contribution in [-0.2, 0) is 0 Å². The standard InChI is InChI=1S/C25H33N3O3/c1-16(22-3-2-4-23(29)24(22)30)27-21-10-9-19(15-21)17-5-7-18(8-6-17)25(31)28-20-11-13-26-14-12-20/h2-8,16,19-21,26-27,29-30H,9-15H2,1H3,(H,28,31)/t16?,19-,21?/m0/s1. The number of carbonyl (C=O) groups excluding carboxylic acids is 1. The van der Waals surface area contributed by atoms with Crippen LogP contribution in [0.1, 0.15) is 72.5 Å². The SMILES string of the molecule is CC(NC1CC[C@H](c2ccc(C(=O)NC3CCNCC3)cc2)C1)c1cccc(O)c1O. The van der Waals surface area contributed by atoms with E-state index in [-0.39, 0.29) is 29.5 Å². The van der Waals surface area contributed by atoms with E-state index in [0.29, 0.717) is 17.5 Å². The minimum atomic E-state index is -0.0836. The van der Waals surface area contributed by atoms with Gasteiger partial charge in [0.25, 0.3) is 5.91 Å². The van der Waals surface area contributed by atoms with E-state index in [2.05, 4.69) is 28.1 Å². The van der Waals surface area contributed by atoms with E-state index in [4.69, 9.17) is 0 Å². The van der Waals surface area contributed by atoms with Crippen molar-refractivity contribution in [3.8, 4) is 11.5 Å². The van der Waals surface area contributed by atoms with Crippen LogP contribution in [0.15, 0.2) is 42.5 Å². The number of carbonyl (C=O) groups is 1. The fraction of sp³-hybridized carbons (Fsp3) is 0.480. The molecule has 0 radical (unpaired) electrons. The zero-order valence-corrected chi connectivity index (χ0v) is 18.1. The number of hydrogen-bond acceptors (Lipinski definition) is 5. The second-order valence-corrected chi connectivity index (χ2v) is 8.93. The van der Waals surface area contributed by atoms with Crippen molar-refractivity contribution in [3.05, 3.63) is 59.2 Å². The monoisotopic (exact) mass is 423 g/mol. The van der Waals surface area contributed by atoms with E-state index in [1.807, 2.05) is 25.1 Å². The normalized spacial score (nSPS) is 22.9. The molecule has 1 aliphatic heterocycles. The highest BCUT2D eigenvalue weighted by molar-refractivity contribution is 5.94. The van der Waals surface area contributed by atoms with Crippen molar-refractivity contribution < 1.29 is 15.0 Å². The van der Waals surface area contributed by atoms with Crippen LogP contribution in [-0.4, -0.2) is 41.3 Å². The van der Waals surface area contributed by atoms with E-state index in [1.54, 1.807) is 6.07 Å². The molecule has 1 heterocycles. The number of rotatable bonds is 6. The van der Waals surface area contributed by atoms with Gasteiger partial charge in [0.15, 0.2) is 11.5 Å². The minimum Gasteiger partial charge on any atom is -0.504 e. The van der Waals surface area contributed by atoms with Gasteiger partial charge in [-0.05, 0) is 81.8 Å². The third kappa shape index (κ3) is 5.20.